The number of methoxy groups -OCH3 is 1. The van der Waals surface area contributed by atoms with Crippen LogP contribution < -0.4 is 0 Å². The van der Waals surface area contributed by atoms with Gasteiger partial charge in [-0.05, 0) is 10.9 Å². The molecule has 0 heterocycles. The van der Waals surface area contributed by atoms with Crippen LogP contribution in [0.3, 0.4) is 0 Å². The molecule has 0 saturated heterocycles. The minimum Gasteiger partial charge on any atom is -0.381 e. The topological polar surface area (TPSA) is 9.23 Å². The second kappa shape index (κ2) is 3.88. The van der Waals surface area contributed by atoms with Gasteiger partial charge in [0.2, 0.25) is 0 Å². The first-order valence-electron chi connectivity index (χ1n) is 3.25. The van der Waals surface area contributed by atoms with Gasteiger partial charge in [0.05, 0.1) is 6.10 Å². The van der Waals surface area contributed by atoms with E-state index in [9.17, 15) is 0 Å². The number of alkyl halides is 1. The lowest BCUT2D eigenvalue weighted by atomic mass is 10.0. The Morgan fingerprint density at radius 1 is 1.70 bits per heavy atom. The van der Waals surface area contributed by atoms with Crippen molar-refractivity contribution in [1.29, 1.82) is 0 Å². The fraction of sp³-hybridized carbons (Fsp3) is 0.714. The van der Waals surface area contributed by atoms with Gasteiger partial charge in [-0.3, -0.25) is 0 Å². The Balaban J connectivity index is 2.52. The molecule has 0 saturated carbocycles. The van der Waals surface area contributed by atoms with Crippen molar-refractivity contribution in [2.75, 3.05) is 7.11 Å². The van der Waals surface area contributed by atoms with Gasteiger partial charge in [-0.1, -0.05) is 37.9 Å². The lowest BCUT2D eigenvalue weighted by Gasteiger charge is -2.21. The highest BCUT2D eigenvalue weighted by molar-refractivity contribution is 9.12. The van der Waals surface area contributed by atoms with E-state index in [4.69, 9.17) is 4.74 Å². The fourth-order valence-electron chi connectivity index (χ4n) is 1.06. The maximum absolute atomic E-state index is 5.23. The second-order valence-electron chi connectivity index (χ2n) is 2.43. The van der Waals surface area contributed by atoms with Crippen LogP contribution in [0.4, 0.5) is 0 Å². The van der Waals surface area contributed by atoms with Crippen LogP contribution >= 0.6 is 31.9 Å². The molecule has 2 unspecified atom stereocenters. The van der Waals surface area contributed by atoms with Crippen molar-refractivity contribution < 1.29 is 4.74 Å². The van der Waals surface area contributed by atoms with Crippen LogP contribution in [0.15, 0.2) is 10.6 Å². The van der Waals surface area contributed by atoms with Crippen molar-refractivity contribution in [2.45, 2.75) is 23.8 Å². The maximum Gasteiger partial charge on any atom is 0.0630 e. The molecule has 0 fully saturated rings. The van der Waals surface area contributed by atoms with Crippen LogP contribution in [0.2, 0.25) is 0 Å². The van der Waals surface area contributed by atoms with Gasteiger partial charge < -0.3 is 4.74 Å². The Morgan fingerprint density at radius 3 is 2.90 bits per heavy atom. The fourth-order valence-corrected chi connectivity index (χ4v) is 2.83. The van der Waals surface area contributed by atoms with E-state index in [0.717, 1.165) is 12.8 Å². The third kappa shape index (κ3) is 2.36. The van der Waals surface area contributed by atoms with E-state index in [-0.39, 0.29) is 0 Å². The SMILES string of the molecule is COC1CC(Br)=CC(Br)C1. The summed E-state index contributed by atoms with van der Waals surface area (Å²) in [5.41, 5.74) is 0. The molecule has 0 aliphatic heterocycles. The van der Waals surface area contributed by atoms with E-state index < -0.39 is 0 Å². The predicted molar refractivity (Wildman–Crippen MR) is 49.8 cm³/mol. The second-order valence-corrected chi connectivity index (χ2v) is 4.62. The normalized spacial score (nSPS) is 33.7. The number of ether oxygens (including phenoxy) is 1. The summed E-state index contributed by atoms with van der Waals surface area (Å²) < 4.78 is 6.47. The Morgan fingerprint density at radius 2 is 2.40 bits per heavy atom. The zero-order valence-corrected chi connectivity index (χ0v) is 8.98. The first-order chi connectivity index (χ1) is 4.72. The molecule has 3 heteroatoms. The van der Waals surface area contributed by atoms with Gasteiger partial charge in [0.15, 0.2) is 0 Å². The van der Waals surface area contributed by atoms with Crippen molar-refractivity contribution in [3.8, 4) is 0 Å². The summed E-state index contributed by atoms with van der Waals surface area (Å²) in [6, 6.07) is 0. The first-order valence-corrected chi connectivity index (χ1v) is 4.96. The van der Waals surface area contributed by atoms with Crippen molar-refractivity contribution in [3.05, 3.63) is 10.6 Å². The molecule has 1 aliphatic rings. The summed E-state index contributed by atoms with van der Waals surface area (Å²) in [5, 5.41) is 0. The molecule has 0 aromatic rings. The lowest BCUT2D eigenvalue weighted by Crippen LogP contribution is -2.19. The van der Waals surface area contributed by atoms with Gasteiger partial charge in [-0.15, -0.1) is 0 Å². The average molecular weight is 270 g/mol. The number of hydrogen-bond acceptors (Lipinski definition) is 1. The van der Waals surface area contributed by atoms with Crippen LogP contribution in [0, 0.1) is 0 Å². The van der Waals surface area contributed by atoms with Crippen LogP contribution in [0.5, 0.6) is 0 Å². The highest BCUT2D eigenvalue weighted by atomic mass is 79.9. The Kier molecular flexibility index (Phi) is 3.40. The van der Waals surface area contributed by atoms with Crippen LogP contribution in [0.25, 0.3) is 0 Å². The zero-order valence-electron chi connectivity index (χ0n) is 5.81. The minimum absolute atomic E-state index is 0.378. The molecular weight excluding hydrogens is 260 g/mol. The number of halogens is 2. The molecule has 0 radical (unpaired) electrons. The Bertz CT molecular complexity index is 145. The molecule has 0 amide bonds. The Hall–Kier alpha value is 0.660. The van der Waals surface area contributed by atoms with E-state index in [1.807, 2.05) is 0 Å². The smallest absolute Gasteiger partial charge is 0.0630 e. The highest BCUT2D eigenvalue weighted by Gasteiger charge is 2.18. The molecule has 1 nitrogen and oxygen atoms in total. The van der Waals surface area contributed by atoms with Crippen molar-refractivity contribution >= 4 is 31.9 Å². The van der Waals surface area contributed by atoms with Gasteiger partial charge in [0.1, 0.15) is 0 Å². The molecule has 0 aromatic heterocycles. The summed E-state index contributed by atoms with van der Waals surface area (Å²) in [4.78, 5) is 0.473. The average Bonchev–Trinajstić information content (AvgIpc) is 1.85. The summed E-state index contributed by atoms with van der Waals surface area (Å²) >= 11 is 6.98. The molecule has 10 heavy (non-hydrogen) atoms. The van der Waals surface area contributed by atoms with Crippen molar-refractivity contribution in [2.24, 2.45) is 0 Å². The molecular formula is C7H10Br2O. The maximum atomic E-state index is 5.23. The highest BCUT2D eigenvalue weighted by Crippen LogP contribution is 2.28. The van der Waals surface area contributed by atoms with Gasteiger partial charge in [-0.2, -0.15) is 0 Å². The Labute approximate surface area is 78.1 Å². The third-order valence-electron chi connectivity index (χ3n) is 1.61. The summed E-state index contributed by atoms with van der Waals surface area (Å²) in [6.07, 6.45) is 4.64. The predicted octanol–water partition coefficient (Wildman–Crippen LogP) is 2.84. The van der Waals surface area contributed by atoms with E-state index in [0.29, 0.717) is 10.9 Å². The van der Waals surface area contributed by atoms with Crippen LogP contribution in [0.1, 0.15) is 12.8 Å². The van der Waals surface area contributed by atoms with Gasteiger partial charge in [0.25, 0.3) is 0 Å². The lowest BCUT2D eigenvalue weighted by molar-refractivity contribution is 0.0963. The molecule has 0 aromatic carbocycles. The minimum atomic E-state index is 0.378. The first kappa shape index (κ1) is 8.75. The molecule has 0 spiro atoms. The van der Waals surface area contributed by atoms with Crippen LogP contribution in [-0.2, 0) is 4.74 Å². The van der Waals surface area contributed by atoms with E-state index >= 15 is 0 Å². The molecule has 1 aliphatic carbocycles. The standard InChI is InChI=1S/C7H10Br2O/c1-10-7-3-5(8)2-6(9)4-7/h2,5,7H,3-4H2,1H3. The number of rotatable bonds is 1. The van der Waals surface area contributed by atoms with Crippen molar-refractivity contribution in [1.82, 2.24) is 0 Å². The van der Waals surface area contributed by atoms with Crippen molar-refractivity contribution in [3.63, 3.8) is 0 Å². The van der Waals surface area contributed by atoms with E-state index in [2.05, 4.69) is 37.9 Å². The van der Waals surface area contributed by atoms with Gasteiger partial charge >= 0.3 is 0 Å². The molecule has 2 atom stereocenters. The van der Waals surface area contributed by atoms with Gasteiger partial charge in [-0.25, -0.2) is 0 Å². The van der Waals surface area contributed by atoms with E-state index in [1.165, 1.54) is 4.48 Å². The molecule has 0 bridgehead atoms. The summed E-state index contributed by atoms with van der Waals surface area (Å²) in [5.74, 6) is 0. The molecule has 58 valence electrons. The van der Waals surface area contributed by atoms with E-state index in [1.54, 1.807) is 7.11 Å². The quantitative estimate of drug-likeness (QED) is 0.666. The largest absolute Gasteiger partial charge is 0.381 e. The third-order valence-corrected chi connectivity index (χ3v) is 2.83. The number of allylic oxidation sites excluding steroid dienone is 1. The monoisotopic (exact) mass is 268 g/mol. The zero-order chi connectivity index (χ0) is 7.56. The van der Waals surface area contributed by atoms with Crippen LogP contribution in [-0.4, -0.2) is 18.0 Å². The summed E-state index contributed by atoms with van der Waals surface area (Å²) in [6.45, 7) is 0. The van der Waals surface area contributed by atoms with Gasteiger partial charge in [0, 0.05) is 18.4 Å². The summed E-state index contributed by atoms with van der Waals surface area (Å²) in [7, 11) is 1.76. The molecule has 1 rings (SSSR count). The molecule has 0 N–H and O–H groups in total. The number of hydrogen-bond donors (Lipinski definition) is 0.